The van der Waals surface area contributed by atoms with Crippen molar-refractivity contribution in [1.82, 2.24) is 0 Å². The number of anilines is 1. The Morgan fingerprint density at radius 2 is 1.86 bits per heavy atom. The number of nitrogens with two attached hydrogens (primary N) is 1. The third-order valence-corrected chi connectivity index (χ3v) is 1.95. The normalized spacial score (nSPS) is 12.6. The molecule has 0 fully saturated rings. The number of nitrogen functional groups attached to an aromatic ring is 1. The van der Waals surface area contributed by atoms with Crippen molar-refractivity contribution >= 4 is 5.69 Å². The van der Waals surface area contributed by atoms with E-state index in [1.807, 2.05) is 26.0 Å². The Hall–Kier alpha value is -1.22. The second kappa shape index (κ2) is 4.33. The van der Waals surface area contributed by atoms with Crippen molar-refractivity contribution in [1.29, 1.82) is 0 Å². The van der Waals surface area contributed by atoms with E-state index in [0.29, 0.717) is 6.61 Å². The van der Waals surface area contributed by atoms with E-state index in [-0.39, 0.29) is 0 Å². The largest absolute Gasteiger partial charge is 0.490 e. The van der Waals surface area contributed by atoms with E-state index in [1.54, 1.807) is 6.92 Å². The van der Waals surface area contributed by atoms with Gasteiger partial charge in [-0.25, -0.2) is 0 Å². The smallest absolute Gasteiger partial charge is 0.125 e. The van der Waals surface area contributed by atoms with Gasteiger partial charge in [-0.1, -0.05) is 0 Å². The maximum Gasteiger partial charge on any atom is 0.125 e. The maximum absolute atomic E-state index is 9.10. The highest BCUT2D eigenvalue weighted by Crippen LogP contribution is 2.25. The van der Waals surface area contributed by atoms with Crippen LogP contribution in [0.2, 0.25) is 0 Å². The molecule has 0 bridgehead atoms. The van der Waals surface area contributed by atoms with Crippen molar-refractivity contribution in [3.63, 3.8) is 0 Å². The standard InChI is InChI=1S/C11H17NO2/c1-7-4-10(12)5-8(2)11(7)14-6-9(3)13/h4-5,9,13H,6,12H2,1-3H3. The van der Waals surface area contributed by atoms with Crippen molar-refractivity contribution < 1.29 is 9.84 Å². The fourth-order valence-electron chi connectivity index (χ4n) is 1.42. The van der Waals surface area contributed by atoms with Crippen molar-refractivity contribution in [3.8, 4) is 5.75 Å². The summed E-state index contributed by atoms with van der Waals surface area (Å²) in [5, 5.41) is 9.10. The molecule has 3 N–H and O–H groups in total. The molecule has 0 aliphatic carbocycles. The number of hydrogen-bond donors (Lipinski definition) is 2. The molecule has 14 heavy (non-hydrogen) atoms. The zero-order chi connectivity index (χ0) is 10.7. The number of hydrogen-bond acceptors (Lipinski definition) is 3. The number of ether oxygens (including phenoxy) is 1. The predicted octanol–water partition coefficient (Wildman–Crippen LogP) is 1.65. The van der Waals surface area contributed by atoms with Gasteiger partial charge < -0.3 is 15.6 Å². The molecule has 0 aliphatic heterocycles. The second-order valence-electron chi connectivity index (χ2n) is 3.64. The lowest BCUT2D eigenvalue weighted by atomic mass is 10.1. The number of benzene rings is 1. The van der Waals surface area contributed by atoms with Crippen LogP contribution in [0.1, 0.15) is 18.1 Å². The van der Waals surface area contributed by atoms with Crippen molar-refractivity contribution in [3.05, 3.63) is 23.3 Å². The number of rotatable bonds is 3. The van der Waals surface area contributed by atoms with Gasteiger partial charge in [-0.3, -0.25) is 0 Å². The minimum Gasteiger partial charge on any atom is -0.490 e. The van der Waals surface area contributed by atoms with Gasteiger partial charge in [0.15, 0.2) is 0 Å². The number of aliphatic hydroxyl groups is 1. The monoisotopic (exact) mass is 195 g/mol. The van der Waals surface area contributed by atoms with Gasteiger partial charge in [0.1, 0.15) is 12.4 Å². The summed E-state index contributed by atoms with van der Waals surface area (Å²) in [6.45, 7) is 5.90. The Balaban J connectivity index is 2.86. The zero-order valence-electron chi connectivity index (χ0n) is 8.87. The molecule has 0 spiro atoms. The van der Waals surface area contributed by atoms with E-state index in [2.05, 4.69) is 0 Å². The van der Waals surface area contributed by atoms with Crippen LogP contribution in [-0.4, -0.2) is 17.8 Å². The van der Waals surface area contributed by atoms with Gasteiger partial charge in [-0.2, -0.15) is 0 Å². The van der Waals surface area contributed by atoms with Gasteiger partial charge in [0, 0.05) is 5.69 Å². The molecule has 0 aromatic heterocycles. The van der Waals surface area contributed by atoms with E-state index in [9.17, 15) is 0 Å². The Morgan fingerprint density at radius 3 is 2.29 bits per heavy atom. The Bertz CT molecular complexity index is 298. The van der Waals surface area contributed by atoms with Crippen molar-refractivity contribution in [2.45, 2.75) is 26.9 Å². The lowest BCUT2D eigenvalue weighted by Crippen LogP contribution is -2.14. The van der Waals surface area contributed by atoms with Crippen LogP contribution in [0.15, 0.2) is 12.1 Å². The van der Waals surface area contributed by atoms with Crippen LogP contribution < -0.4 is 10.5 Å². The first-order chi connectivity index (χ1) is 6.50. The average molecular weight is 195 g/mol. The summed E-state index contributed by atoms with van der Waals surface area (Å²) in [6.07, 6.45) is -0.452. The Kier molecular flexibility index (Phi) is 3.36. The summed E-state index contributed by atoms with van der Waals surface area (Å²) in [7, 11) is 0. The summed E-state index contributed by atoms with van der Waals surface area (Å²) < 4.78 is 5.48. The van der Waals surface area contributed by atoms with Crippen LogP contribution in [0.3, 0.4) is 0 Å². The van der Waals surface area contributed by atoms with Gasteiger partial charge in [-0.15, -0.1) is 0 Å². The van der Waals surface area contributed by atoms with Crippen LogP contribution >= 0.6 is 0 Å². The topological polar surface area (TPSA) is 55.5 Å². The van der Waals surface area contributed by atoms with Crippen molar-refractivity contribution in [2.75, 3.05) is 12.3 Å². The summed E-state index contributed by atoms with van der Waals surface area (Å²) in [5.41, 5.74) is 8.43. The fourth-order valence-corrected chi connectivity index (χ4v) is 1.42. The summed E-state index contributed by atoms with van der Waals surface area (Å²) in [6, 6.07) is 3.73. The van der Waals surface area contributed by atoms with Gasteiger partial charge >= 0.3 is 0 Å². The molecule has 78 valence electrons. The molecule has 1 atom stereocenters. The van der Waals surface area contributed by atoms with Crippen LogP contribution in [-0.2, 0) is 0 Å². The molecular formula is C11H17NO2. The molecule has 0 saturated carbocycles. The van der Waals surface area contributed by atoms with E-state index in [0.717, 1.165) is 22.6 Å². The van der Waals surface area contributed by atoms with Gasteiger partial charge in [0.2, 0.25) is 0 Å². The minimum absolute atomic E-state index is 0.311. The number of aryl methyl sites for hydroxylation is 2. The Labute approximate surface area is 84.5 Å². The average Bonchev–Trinajstić information content (AvgIpc) is 2.01. The molecular weight excluding hydrogens is 178 g/mol. The summed E-state index contributed by atoms with van der Waals surface area (Å²) in [4.78, 5) is 0. The molecule has 0 radical (unpaired) electrons. The molecule has 3 nitrogen and oxygen atoms in total. The molecule has 1 aromatic carbocycles. The summed E-state index contributed by atoms with van der Waals surface area (Å²) in [5.74, 6) is 0.820. The van der Waals surface area contributed by atoms with Gasteiger partial charge in [-0.05, 0) is 44.0 Å². The Morgan fingerprint density at radius 1 is 1.36 bits per heavy atom. The van der Waals surface area contributed by atoms with E-state index in [4.69, 9.17) is 15.6 Å². The predicted molar refractivity (Wildman–Crippen MR) is 57.5 cm³/mol. The minimum atomic E-state index is -0.452. The van der Waals surface area contributed by atoms with E-state index in [1.165, 1.54) is 0 Å². The molecule has 3 heteroatoms. The van der Waals surface area contributed by atoms with Gasteiger partial charge in [0.05, 0.1) is 6.10 Å². The second-order valence-corrected chi connectivity index (χ2v) is 3.64. The zero-order valence-corrected chi connectivity index (χ0v) is 8.87. The van der Waals surface area contributed by atoms with Crippen LogP contribution in [0, 0.1) is 13.8 Å². The van der Waals surface area contributed by atoms with E-state index < -0.39 is 6.10 Å². The van der Waals surface area contributed by atoms with Crippen LogP contribution in [0.25, 0.3) is 0 Å². The third kappa shape index (κ3) is 2.64. The molecule has 1 rings (SSSR count). The van der Waals surface area contributed by atoms with Gasteiger partial charge in [0.25, 0.3) is 0 Å². The highest BCUT2D eigenvalue weighted by atomic mass is 16.5. The van der Waals surface area contributed by atoms with Crippen molar-refractivity contribution in [2.24, 2.45) is 0 Å². The highest BCUT2D eigenvalue weighted by molar-refractivity contribution is 5.52. The molecule has 1 unspecified atom stereocenters. The first-order valence-electron chi connectivity index (χ1n) is 4.68. The number of aliphatic hydroxyl groups excluding tert-OH is 1. The quantitative estimate of drug-likeness (QED) is 0.721. The first-order valence-corrected chi connectivity index (χ1v) is 4.68. The first kappa shape index (κ1) is 10.9. The maximum atomic E-state index is 9.10. The molecule has 0 amide bonds. The lowest BCUT2D eigenvalue weighted by Gasteiger charge is -2.13. The van der Waals surface area contributed by atoms with Crippen LogP contribution in [0.4, 0.5) is 5.69 Å². The van der Waals surface area contributed by atoms with E-state index >= 15 is 0 Å². The van der Waals surface area contributed by atoms with Crippen LogP contribution in [0.5, 0.6) is 5.75 Å². The third-order valence-electron chi connectivity index (χ3n) is 1.95. The SMILES string of the molecule is Cc1cc(N)cc(C)c1OCC(C)O. The summed E-state index contributed by atoms with van der Waals surface area (Å²) >= 11 is 0. The molecule has 0 heterocycles. The fraction of sp³-hybridized carbons (Fsp3) is 0.455. The lowest BCUT2D eigenvalue weighted by molar-refractivity contribution is 0.122. The molecule has 0 aliphatic rings. The molecule has 1 aromatic rings. The highest BCUT2D eigenvalue weighted by Gasteiger charge is 2.06. The molecule has 0 saturated heterocycles.